The van der Waals surface area contributed by atoms with E-state index in [1.165, 1.54) is 6.07 Å². The van der Waals surface area contributed by atoms with Gasteiger partial charge in [0.1, 0.15) is 17.7 Å². The largest absolute Gasteiger partial charge is 0.464 e. The van der Waals surface area contributed by atoms with E-state index >= 15 is 4.39 Å². The van der Waals surface area contributed by atoms with Gasteiger partial charge in [-0.1, -0.05) is 6.07 Å². The van der Waals surface area contributed by atoms with Crippen LogP contribution >= 0.6 is 0 Å². The maximum atomic E-state index is 15.1. The highest BCUT2D eigenvalue weighted by atomic mass is 19.1. The van der Waals surface area contributed by atoms with E-state index in [1.807, 2.05) is 11.0 Å². The number of hydrogen-bond acceptors (Lipinski definition) is 8. The third kappa shape index (κ3) is 3.95. The van der Waals surface area contributed by atoms with E-state index in [4.69, 9.17) is 10.5 Å². The Morgan fingerprint density at radius 1 is 1.26 bits per heavy atom. The molecule has 0 bridgehead atoms. The molecule has 0 radical (unpaired) electrons. The van der Waals surface area contributed by atoms with E-state index in [0.29, 0.717) is 53.4 Å². The fourth-order valence-electron chi connectivity index (χ4n) is 4.07. The third-order valence-electron chi connectivity index (χ3n) is 5.43. The smallest absolute Gasteiger partial charge is 0.328 e. The zero-order valence-corrected chi connectivity index (χ0v) is 17.6. The first-order chi connectivity index (χ1) is 15.0. The molecule has 1 aliphatic rings. The molecule has 3 N–H and O–H groups in total. The van der Waals surface area contributed by atoms with Gasteiger partial charge in [-0.2, -0.15) is 9.97 Å². The summed E-state index contributed by atoms with van der Waals surface area (Å²) < 4.78 is 20.4. The van der Waals surface area contributed by atoms with Gasteiger partial charge in [0.05, 0.1) is 23.3 Å². The minimum atomic E-state index is -0.455. The minimum absolute atomic E-state index is 0.0775. The van der Waals surface area contributed by atoms with Gasteiger partial charge in [-0.05, 0) is 50.5 Å². The molecule has 1 saturated heterocycles. The Kier molecular flexibility index (Phi) is 5.83. The number of nitrogens with zero attached hydrogens (tertiary/aromatic N) is 4. The second-order valence-electron chi connectivity index (χ2n) is 7.34. The molecule has 31 heavy (non-hydrogen) atoms. The number of nitrogens with one attached hydrogen (secondary N) is 1. The van der Waals surface area contributed by atoms with Crippen molar-refractivity contribution < 1.29 is 13.9 Å². The number of nitrogen functional groups attached to an aromatic ring is 1. The summed E-state index contributed by atoms with van der Waals surface area (Å²) in [5.41, 5.74) is 7.52. The highest BCUT2D eigenvalue weighted by molar-refractivity contribution is 5.91. The van der Waals surface area contributed by atoms with Crippen LogP contribution in [0.15, 0.2) is 30.3 Å². The summed E-state index contributed by atoms with van der Waals surface area (Å²) in [4.78, 5) is 27.5. The molecular formula is C22H25FN6O2. The second kappa shape index (κ2) is 8.71. The van der Waals surface area contributed by atoms with Gasteiger partial charge >= 0.3 is 5.97 Å². The number of halogens is 1. The molecule has 1 fully saturated rings. The quantitative estimate of drug-likeness (QED) is 0.601. The summed E-state index contributed by atoms with van der Waals surface area (Å²) in [5.74, 6) is -0.0844. The van der Waals surface area contributed by atoms with Crippen molar-refractivity contribution in [3.8, 4) is 11.3 Å². The molecule has 2 aromatic heterocycles. The third-order valence-corrected chi connectivity index (χ3v) is 5.43. The Labute approximate surface area is 179 Å². The van der Waals surface area contributed by atoms with Crippen molar-refractivity contribution >= 4 is 34.5 Å². The van der Waals surface area contributed by atoms with Crippen molar-refractivity contribution in [2.75, 3.05) is 36.1 Å². The molecule has 0 saturated carbocycles. The van der Waals surface area contributed by atoms with Gasteiger partial charge in [0.2, 0.25) is 5.95 Å². The number of hydrogen-bond donors (Lipinski definition) is 2. The van der Waals surface area contributed by atoms with E-state index in [-0.39, 0.29) is 11.9 Å². The van der Waals surface area contributed by atoms with Gasteiger partial charge in [0, 0.05) is 19.3 Å². The number of nitrogens with two attached hydrogens (primary N) is 1. The van der Waals surface area contributed by atoms with Crippen molar-refractivity contribution in [3.63, 3.8) is 0 Å². The predicted molar refractivity (Wildman–Crippen MR) is 118 cm³/mol. The molecule has 3 heterocycles. The van der Waals surface area contributed by atoms with Crippen LogP contribution in [-0.4, -0.2) is 47.2 Å². The Bertz CT molecular complexity index is 1120. The number of pyridine rings is 1. The maximum Gasteiger partial charge on any atom is 0.328 e. The van der Waals surface area contributed by atoms with E-state index in [0.717, 1.165) is 12.8 Å². The zero-order chi connectivity index (χ0) is 22.0. The van der Waals surface area contributed by atoms with Crippen LogP contribution in [0.3, 0.4) is 0 Å². The molecule has 162 valence electrons. The number of benzene rings is 1. The van der Waals surface area contributed by atoms with Gasteiger partial charge in [-0.15, -0.1) is 0 Å². The van der Waals surface area contributed by atoms with Gasteiger partial charge in [-0.3, -0.25) is 0 Å². The molecule has 3 aromatic rings. The number of carbonyl (C=O) groups is 1. The van der Waals surface area contributed by atoms with Crippen LogP contribution in [0.2, 0.25) is 0 Å². The van der Waals surface area contributed by atoms with Gasteiger partial charge in [0.15, 0.2) is 5.65 Å². The van der Waals surface area contributed by atoms with Crippen molar-refractivity contribution in [2.24, 2.45) is 0 Å². The van der Waals surface area contributed by atoms with Crippen LogP contribution in [0, 0.1) is 5.82 Å². The van der Waals surface area contributed by atoms with Crippen molar-refractivity contribution in [1.82, 2.24) is 15.0 Å². The molecule has 1 atom stereocenters. The van der Waals surface area contributed by atoms with E-state index in [2.05, 4.69) is 20.3 Å². The lowest BCUT2D eigenvalue weighted by molar-refractivity contribution is -0.145. The van der Waals surface area contributed by atoms with Crippen LogP contribution in [0.1, 0.15) is 26.2 Å². The number of carbonyl (C=O) groups excluding carboxylic acids is 1. The predicted octanol–water partition coefficient (Wildman–Crippen LogP) is 3.38. The highest BCUT2D eigenvalue weighted by Crippen LogP contribution is 2.37. The standard InChI is InChI=1S/C22H25FN6O2/c1-3-31-21(30)17-8-4-5-12-29(17)16-9-6-7-14(23)18(16)15-11-10-13-19(25-2)27-22(24)28-20(13)26-15/h6-7,9-11,17H,3-5,8,12H2,1-2H3,(H3,24,25,26,27,28). The van der Waals surface area contributed by atoms with Crippen molar-refractivity contribution in [3.05, 3.63) is 36.1 Å². The number of fused-ring (bicyclic) bond motifs is 1. The number of piperidine rings is 1. The number of aromatic nitrogens is 3. The number of anilines is 3. The SMILES string of the molecule is CCOC(=O)C1CCCCN1c1cccc(F)c1-c1ccc2c(NC)nc(N)nc2n1. The molecule has 1 aliphatic heterocycles. The topological polar surface area (TPSA) is 106 Å². The summed E-state index contributed by atoms with van der Waals surface area (Å²) in [5, 5.41) is 3.65. The molecule has 1 unspecified atom stereocenters. The van der Waals surface area contributed by atoms with Crippen molar-refractivity contribution in [1.29, 1.82) is 0 Å². The average Bonchev–Trinajstić information content (AvgIpc) is 2.78. The van der Waals surface area contributed by atoms with Crippen LogP contribution in [-0.2, 0) is 9.53 Å². The zero-order valence-electron chi connectivity index (χ0n) is 17.6. The first-order valence-electron chi connectivity index (χ1n) is 10.4. The number of rotatable bonds is 5. The Hall–Kier alpha value is -3.49. The average molecular weight is 424 g/mol. The lowest BCUT2D eigenvalue weighted by Crippen LogP contribution is -2.46. The fraction of sp³-hybridized carbons (Fsp3) is 0.364. The first-order valence-corrected chi connectivity index (χ1v) is 10.4. The number of esters is 1. The van der Waals surface area contributed by atoms with Gasteiger partial charge in [0.25, 0.3) is 0 Å². The molecule has 8 nitrogen and oxygen atoms in total. The first kappa shape index (κ1) is 20.8. The summed E-state index contributed by atoms with van der Waals surface area (Å²) in [6.07, 6.45) is 2.49. The summed E-state index contributed by atoms with van der Waals surface area (Å²) in [6, 6.07) is 7.91. The molecule has 0 aliphatic carbocycles. The highest BCUT2D eigenvalue weighted by Gasteiger charge is 2.32. The lowest BCUT2D eigenvalue weighted by Gasteiger charge is -2.37. The van der Waals surface area contributed by atoms with Crippen molar-refractivity contribution in [2.45, 2.75) is 32.2 Å². The van der Waals surface area contributed by atoms with E-state index < -0.39 is 11.9 Å². The van der Waals surface area contributed by atoms with Crippen LogP contribution in [0.25, 0.3) is 22.3 Å². The molecule has 0 amide bonds. The second-order valence-corrected chi connectivity index (χ2v) is 7.34. The summed E-state index contributed by atoms with van der Waals surface area (Å²) in [6.45, 7) is 2.72. The van der Waals surface area contributed by atoms with E-state index in [9.17, 15) is 4.79 Å². The van der Waals surface area contributed by atoms with Crippen LogP contribution < -0.4 is 16.0 Å². The Morgan fingerprint density at radius 2 is 2.10 bits per heavy atom. The normalized spacial score (nSPS) is 16.4. The lowest BCUT2D eigenvalue weighted by atomic mass is 9.98. The van der Waals surface area contributed by atoms with Gasteiger partial charge in [-0.25, -0.2) is 14.2 Å². The Morgan fingerprint density at radius 3 is 2.87 bits per heavy atom. The molecular weight excluding hydrogens is 399 g/mol. The molecule has 0 spiro atoms. The van der Waals surface area contributed by atoms with E-state index in [1.54, 1.807) is 32.2 Å². The fourth-order valence-corrected chi connectivity index (χ4v) is 4.07. The Balaban J connectivity index is 1.84. The summed E-state index contributed by atoms with van der Waals surface area (Å²) >= 11 is 0. The van der Waals surface area contributed by atoms with Gasteiger partial charge < -0.3 is 20.7 Å². The molecule has 9 heteroatoms. The number of ether oxygens (including phenoxy) is 1. The summed E-state index contributed by atoms with van der Waals surface area (Å²) in [7, 11) is 1.73. The molecule has 4 rings (SSSR count). The maximum absolute atomic E-state index is 15.1. The van der Waals surface area contributed by atoms with Crippen LogP contribution in [0.4, 0.5) is 21.8 Å². The molecule has 1 aromatic carbocycles. The minimum Gasteiger partial charge on any atom is -0.464 e. The monoisotopic (exact) mass is 424 g/mol. The van der Waals surface area contributed by atoms with Crippen LogP contribution in [0.5, 0.6) is 0 Å².